The van der Waals surface area contributed by atoms with Crippen LogP contribution < -0.4 is 5.73 Å². The first-order chi connectivity index (χ1) is 9.54. The molecule has 0 saturated carbocycles. The van der Waals surface area contributed by atoms with Gasteiger partial charge in [0.2, 0.25) is 0 Å². The van der Waals surface area contributed by atoms with Gasteiger partial charge in [0, 0.05) is 33.7 Å². The number of hydrogen-bond acceptors (Lipinski definition) is 4. The Balaban J connectivity index is 2.12. The average Bonchev–Trinajstić information content (AvgIpc) is 2.71. The van der Waals surface area contributed by atoms with E-state index in [1.165, 1.54) is 0 Å². The van der Waals surface area contributed by atoms with Crippen molar-refractivity contribution in [2.24, 2.45) is 7.05 Å². The Morgan fingerprint density at radius 1 is 1.30 bits per heavy atom. The van der Waals surface area contributed by atoms with E-state index >= 15 is 0 Å². The first-order valence-electron chi connectivity index (χ1n) is 6.07. The standard InChI is InChI=1S/C14H13BrN4S/c1-8-5-13(19(2)18-8)20-12-4-3-11(16)10-6-9(15)7-17-14(10)12/h3-7H,16H2,1-2H3. The summed E-state index contributed by atoms with van der Waals surface area (Å²) < 4.78 is 2.80. The van der Waals surface area contributed by atoms with Crippen molar-refractivity contribution in [2.45, 2.75) is 16.8 Å². The van der Waals surface area contributed by atoms with E-state index in [4.69, 9.17) is 5.73 Å². The molecule has 6 heteroatoms. The topological polar surface area (TPSA) is 56.7 Å². The highest BCUT2D eigenvalue weighted by Gasteiger charge is 2.10. The number of pyridine rings is 1. The smallest absolute Gasteiger partial charge is 0.0987 e. The third-order valence-electron chi connectivity index (χ3n) is 2.99. The molecule has 1 aromatic carbocycles. The van der Waals surface area contributed by atoms with Crippen LogP contribution in [0.1, 0.15) is 5.69 Å². The fraction of sp³-hybridized carbons (Fsp3) is 0.143. The van der Waals surface area contributed by atoms with Gasteiger partial charge in [-0.05, 0) is 47.1 Å². The fourth-order valence-corrected chi connectivity index (χ4v) is 3.42. The van der Waals surface area contributed by atoms with Gasteiger partial charge in [0.25, 0.3) is 0 Å². The molecule has 102 valence electrons. The van der Waals surface area contributed by atoms with Crippen molar-refractivity contribution < 1.29 is 0 Å². The molecule has 0 unspecified atom stereocenters. The largest absolute Gasteiger partial charge is 0.398 e. The molecular weight excluding hydrogens is 336 g/mol. The predicted molar refractivity (Wildman–Crippen MR) is 85.9 cm³/mol. The van der Waals surface area contributed by atoms with Gasteiger partial charge in [0.15, 0.2) is 0 Å². The van der Waals surface area contributed by atoms with Gasteiger partial charge in [-0.2, -0.15) is 5.10 Å². The van der Waals surface area contributed by atoms with Crippen molar-refractivity contribution in [3.8, 4) is 0 Å². The van der Waals surface area contributed by atoms with Gasteiger partial charge in [-0.1, -0.05) is 11.8 Å². The van der Waals surface area contributed by atoms with E-state index in [1.54, 1.807) is 18.0 Å². The Labute approximate surface area is 129 Å². The van der Waals surface area contributed by atoms with Crippen molar-refractivity contribution in [3.05, 3.63) is 40.6 Å². The summed E-state index contributed by atoms with van der Waals surface area (Å²) in [4.78, 5) is 5.57. The summed E-state index contributed by atoms with van der Waals surface area (Å²) in [6, 6.07) is 7.98. The lowest BCUT2D eigenvalue weighted by atomic mass is 10.2. The van der Waals surface area contributed by atoms with Crippen molar-refractivity contribution in [3.63, 3.8) is 0 Å². The Hall–Kier alpha value is -1.53. The van der Waals surface area contributed by atoms with Gasteiger partial charge in [-0.3, -0.25) is 9.67 Å². The van der Waals surface area contributed by atoms with Crippen LogP contribution >= 0.6 is 27.7 Å². The van der Waals surface area contributed by atoms with Gasteiger partial charge in [0.1, 0.15) is 0 Å². The minimum Gasteiger partial charge on any atom is -0.398 e. The van der Waals surface area contributed by atoms with Crippen molar-refractivity contribution >= 4 is 44.3 Å². The average molecular weight is 349 g/mol. The number of aryl methyl sites for hydroxylation is 2. The van der Waals surface area contributed by atoms with E-state index in [9.17, 15) is 0 Å². The lowest BCUT2D eigenvalue weighted by Crippen LogP contribution is -1.94. The Morgan fingerprint density at radius 3 is 2.80 bits per heavy atom. The SMILES string of the molecule is Cc1cc(Sc2ccc(N)c3cc(Br)cnc23)n(C)n1. The predicted octanol–water partition coefficient (Wildman–Crippen LogP) is 3.77. The lowest BCUT2D eigenvalue weighted by molar-refractivity contribution is 0.692. The van der Waals surface area contributed by atoms with Crippen LogP contribution in [0.4, 0.5) is 5.69 Å². The summed E-state index contributed by atoms with van der Waals surface area (Å²) in [5.41, 5.74) is 8.69. The zero-order valence-electron chi connectivity index (χ0n) is 11.1. The molecule has 3 aromatic rings. The quantitative estimate of drug-likeness (QED) is 0.716. The van der Waals surface area contributed by atoms with E-state index in [-0.39, 0.29) is 0 Å². The molecule has 2 heterocycles. The monoisotopic (exact) mass is 348 g/mol. The molecule has 0 aliphatic carbocycles. The molecule has 0 radical (unpaired) electrons. The number of nitrogens with two attached hydrogens (primary N) is 1. The summed E-state index contributed by atoms with van der Waals surface area (Å²) in [6.07, 6.45) is 1.79. The number of hydrogen-bond donors (Lipinski definition) is 1. The van der Waals surface area contributed by atoms with Gasteiger partial charge < -0.3 is 5.73 Å². The van der Waals surface area contributed by atoms with Crippen LogP contribution in [0.2, 0.25) is 0 Å². The molecule has 0 aliphatic rings. The van der Waals surface area contributed by atoms with Gasteiger partial charge in [0.05, 0.1) is 16.2 Å². The van der Waals surface area contributed by atoms with Gasteiger partial charge >= 0.3 is 0 Å². The Kier molecular flexibility index (Phi) is 3.43. The molecular formula is C14H13BrN4S. The zero-order valence-corrected chi connectivity index (χ0v) is 13.5. The molecule has 0 aliphatic heterocycles. The molecule has 4 nitrogen and oxygen atoms in total. The summed E-state index contributed by atoms with van der Waals surface area (Å²) >= 11 is 5.08. The van der Waals surface area contributed by atoms with Crippen LogP contribution in [-0.2, 0) is 7.05 Å². The van der Waals surface area contributed by atoms with Crippen LogP contribution in [0.3, 0.4) is 0 Å². The van der Waals surface area contributed by atoms with Crippen molar-refractivity contribution in [1.82, 2.24) is 14.8 Å². The number of rotatable bonds is 2. The second-order valence-electron chi connectivity index (χ2n) is 4.55. The third kappa shape index (κ3) is 2.41. The number of halogens is 1. The number of fused-ring (bicyclic) bond motifs is 1. The highest BCUT2D eigenvalue weighted by atomic mass is 79.9. The van der Waals surface area contributed by atoms with Crippen LogP contribution in [0.5, 0.6) is 0 Å². The molecule has 2 N–H and O–H groups in total. The summed E-state index contributed by atoms with van der Waals surface area (Å²) in [6.45, 7) is 1.99. The van der Waals surface area contributed by atoms with Crippen LogP contribution in [0, 0.1) is 6.92 Å². The van der Waals surface area contributed by atoms with Crippen LogP contribution in [-0.4, -0.2) is 14.8 Å². The highest BCUT2D eigenvalue weighted by molar-refractivity contribution is 9.10. The first kappa shape index (κ1) is 13.5. The number of aromatic nitrogens is 3. The molecule has 0 spiro atoms. The number of nitrogen functional groups attached to an aromatic ring is 1. The lowest BCUT2D eigenvalue weighted by Gasteiger charge is -2.08. The first-order valence-corrected chi connectivity index (χ1v) is 7.68. The molecule has 0 fully saturated rings. The molecule has 0 atom stereocenters. The highest BCUT2D eigenvalue weighted by Crippen LogP contribution is 2.35. The molecule has 0 saturated heterocycles. The molecule has 20 heavy (non-hydrogen) atoms. The third-order valence-corrected chi connectivity index (χ3v) is 4.56. The molecule has 2 aromatic heterocycles. The molecule has 0 bridgehead atoms. The van der Waals surface area contributed by atoms with E-state index in [1.807, 2.05) is 36.9 Å². The van der Waals surface area contributed by atoms with Crippen LogP contribution in [0.25, 0.3) is 10.9 Å². The number of nitrogens with zero attached hydrogens (tertiary/aromatic N) is 3. The second-order valence-corrected chi connectivity index (χ2v) is 6.53. The maximum atomic E-state index is 6.03. The van der Waals surface area contributed by atoms with Gasteiger partial charge in [-0.25, -0.2) is 0 Å². The maximum Gasteiger partial charge on any atom is 0.0987 e. The minimum atomic E-state index is 0.735. The van der Waals surface area contributed by atoms with Crippen molar-refractivity contribution in [2.75, 3.05) is 5.73 Å². The summed E-state index contributed by atoms with van der Waals surface area (Å²) in [5.74, 6) is 0. The minimum absolute atomic E-state index is 0.735. The normalized spacial score (nSPS) is 11.2. The van der Waals surface area contributed by atoms with Gasteiger partial charge in [-0.15, -0.1) is 0 Å². The second kappa shape index (κ2) is 5.10. The zero-order chi connectivity index (χ0) is 14.3. The fourth-order valence-electron chi connectivity index (χ4n) is 2.07. The Morgan fingerprint density at radius 2 is 2.10 bits per heavy atom. The van der Waals surface area contributed by atoms with E-state index in [2.05, 4.69) is 32.1 Å². The van der Waals surface area contributed by atoms with E-state index in [0.717, 1.165) is 36.7 Å². The van der Waals surface area contributed by atoms with E-state index < -0.39 is 0 Å². The Bertz CT molecular complexity index is 797. The molecule has 3 rings (SSSR count). The number of anilines is 1. The van der Waals surface area contributed by atoms with Crippen LogP contribution in [0.15, 0.2) is 44.9 Å². The summed E-state index contributed by atoms with van der Waals surface area (Å²) in [5, 5.41) is 6.41. The molecule has 0 amide bonds. The maximum absolute atomic E-state index is 6.03. The summed E-state index contributed by atoms with van der Waals surface area (Å²) in [7, 11) is 1.94. The van der Waals surface area contributed by atoms with Crippen molar-refractivity contribution in [1.29, 1.82) is 0 Å². The van der Waals surface area contributed by atoms with E-state index in [0.29, 0.717) is 0 Å². The number of benzene rings is 1.